The molecule has 2 unspecified atom stereocenters. The molecule has 0 heterocycles. The highest BCUT2D eigenvalue weighted by Gasteiger charge is 2.09. The zero-order valence-corrected chi connectivity index (χ0v) is 12.1. The van der Waals surface area contributed by atoms with Crippen LogP contribution < -0.4 is 5.32 Å². The molecule has 0 fully saturated rings. The molecule has 0 aliphatic carbocycles. The number of hydrogen-bond acceptors (Lipinski definition) is 2. The Balaban J connectivity index is 3.82. The maximum absolute atomic E-state index is 3.62. The molecule has 0 saturated heterocycles. The first-order valence-electron chi connectivity index (χ1n) is 6.49. The van der Waals surface area contributed by atoms with E-state index in [0.29, 0.717) is 6.04 Å². The molecule has 0 amide bonds. The van der Waals surface area contributed by atoms with E-state index < -0.39 is 0 Å². The summed E-state index contributed by atoms with van der Waals surface area (Å²) in [6, 6.07) is 0.639. The lowest BCUT2D eigenvalue weighted by molar-refractivity contribution is 0.526. The fourth-order valence-electron chi connectivity index (χ4n) is 1.36. The first kappa shape index (κ1) is 15.9. The largest absolute Gasteiger partial charge is 0.313 e. The van der Waals surface area contributed by atoms with E-state index in [4.69, 9.17) is 0 Å². The van der Waals surface area contributed by atoms with Crippen molar-refractivity contribution in [2.45, 2.75) is 64.7 Å². The maximum Gasteiger partial charge on any atom is 0.0167 e. The summed E-state index contributed by atoms with van der Waals surface area (Å²) in [4.78, 5) is 0. The summed E-state index contributed by atoms with van der Waals surface area (Å²) in [6.07, 6.45) is 4.69. The van der Waals surface area contributed by atoms with Gasteiger partial charge >= 0.3 is 0 Å². The van der Waals surface area contributed by atoms with Crippen molar-refractivity contribution in [3.05, 3.63) is 0 Å². The normalized spacial score (nSPS) is 14.0. The van der Waals surface area contributed by atoms with Crippen LogP contribution in [0.3, 0.4) is 0 Å². The Labute approximate surface area is 106 Å². The van der Waals surface area contributed by atoms with Gasteiger partial charge in [-0.2, -0.15) is 11.8 Å². The average molecular weight is 241 g/mol. The van der Waals surface area contributed by atoms with Gasteiger partial charge < -0.3 is 5.32 Å². The highest BCUT2D eigenvalue weighted by atomic mass is 32.2. The fourth-order valence-corrected chi connectivity index (χ4v) is 2.44. The van der Waals surface area contributed by atoms with Crippen LogP contribution in [0.15, 0.2) is 0 Å². The fraction of sp³-hybridized carbons (Fsp3) is 0.857. The number of hydrogen-bond donors (Lipinski definition) is 1. The molecule has 0 aromatic carbocycles. The molecule has 0 aliphatic rings. The van der Waals surface area contributed by atoms with Crippen molar-refractivity contribution in [1.29, 1.82) is 0 Å². The molecule has 2 heteroatoms. The van der Waals surface area contributed by atoms with E-state index in [0.717, 1.165) is 18.2 Å². The van der Waals surface area contributed by atoms with Gasteiger partial charge in [0.1, 0.15) is 0 Å². The minimum Gasteiger partial charge on any atom is -0.313 e. The van der Waals surface area contributed by atoms with Gasteiger partial charge in [-0.05, 0) is 32.7 Å². The summed E-state index contributed by atoms with van der Waals surface area (Å²) in [7, 11) is 0. The Morgan fingerprint density at radius 1 is 1.31 bits per heavy atom. The van der Waals surface area contributed by atoms with Crippen LogP contribution in [-0.2, 0) is 0 Å². The predicted molar refractivity (Wildman–Crippen MR) is 77.0 cm³/mol. The Morgan fingerprint density at radius 3 is 2.62 bits per heavy atom. The van der Waals surface area contributed by atoms with Crippen LogP contribution in [0.2, 0.25) is 0 Å². The van der Waals surface area contributed by atoms with Gasteiger partial charge in [-0.15, -0.1) is 11.8 Å². The molecule has 1 nitrogen and oxygen atoms in total. The quantitative estimate of drug-likeness (QED) is 0.618. The molecule has 94 valence electrons. The van der Waals surface area contributed by atoms with Gasteiger partial charge in [0.15, 0.2) is 0 Å². The molecular weight excluding hydrogens is 214 g/mol. The van der Waals surface area contributed by atoms with Crippen molar-refractivity contribution in [2.24, 2.45) is 0 Å². The molecule has 0 aliphatic heterocycles. The SMILES string of the molecule is CC#CCCC(CSC(C)CC)NCCC. The first-order chi connectivity index (χ1) is 7.74. The third-order valence-corrected chi connectivity index (χ3v) is 4.13. The Kier molecular flexibility index (Phi) is 11.3. The van der Waals surface area contributed by atoms with Crippen LogP contribution in [0.5, 0.6) is 0 Å². The second-order valence-electron chi connectivity index (χ2n) is 4.17. The van der Waals surface area contributed by atoms with Gasteiger partial charge in [-0.25, -0.2) is 0 Å². The van der Waals surface area contributed by atoms with Crippen LogP contribution in [0, 0.1) is 11.8 Å². The Morgan fingerprint density at radius 2 is 2.06 bits per heavy atom. The van der Waals surface area contributed by atoms with Gasteiger partial charge in [0, 0.05) is 23.5 Å². The van der Waals surface area contributed by atoms with Gasteiger partial charge in [-0.3, -0.25) is 0 Å². The first-order valence-corrected chi connectivity index (χ1v) is 7.54. The zero-order chi connectivity index (χ0) is 12.2. The summed E-state index contributed by atoms with van der Waals surface area (Å²) in [5, 5.41) is 4.40. The standard InChI is InChI=1S/C14H27NS/c1-5-8-9-10-14(15-11-6-2)12-16-13(4)7-3/h13-15H,6-7,9-12H2,1-4H3. The third-order valence-electron chi connectivity index (χ3n) is 2.63. The molecular formula is C14H27NS. The smallest absolute Gasteiger partial charge is 0.0167 e. The molecule has 16 heavy (non-hydrogen) atoms. The highest BCUT2D eigenvalue weighted by Crippen LogP contribution is 2.16. The van der Waals surface area contributed by atoms with Crippen LogP contribution >= 0.6 is 11.8 Å². The molecule has 2 atom stereocenters. The molecule has 0 bridgehead atoms. The van der Waals surface area contributed by atoms with E-state index in [1.165, 1.54) is 25.0 Å². The molecule has 0 aromatic rings. The second kappa shape index (κ2) is 11.4. The second-order valence-corrected chi connectivity index (χ2v) is 5.64. The topological polar surface area (TPSA) is 12.0 Å². The molecule has 0 saturated carbocycles. The van der Waals surface area contributed by atoms with Crippen molar-refractivity contribution >= 4 is 11.8 Å². The third kappa shape index (κ3) is 9.12. The van der Waals surface area contributed by atoms with Gasteiger partial charge in [0.25, 0.3) is 0 Å². The summed E-state index contributed by atoms with van der Waals surface area (Å²) in [6.45, 7) is 9.84. The van der Waals surface area contributed by atoms with Crippen LogP contribution in [-0.4, -0.2) is 23.6 Å². The van der Waals surface area contributed by atoms with Gasteiger partial charge in [-0.1, -0.05) is 20.8 Å². The predicted octanol–water partition coefficient (Wildman–Crippen LogP) is 3.69. The van der Waals surface area contributed by atoms with Crippen molar-refractivity contribution in [2.75, 3.05) is 12.3 Å². The summed E-state index contributed by atoms with van der Waals surface area (Å²) >= 11 is 2.08. The van der Waals surface area contributed by atoms with E-state index in [1.54, 1.807) is 0 Å². The summed E-state index contributed by atoms with van der Waals surface area (Å²) in [5.41, 5.74) is 0. The lowest BCUT2D eigenvalue weighted by Gasteiger charge is -2.19. The average Bonchev–Trinajstić information content (AvgIpc) is 2.31. The van der Waals surface area contributed by atoms with Gasteiger partial charge in [0.2, 0.25) is 0 Å². The van der Waals surface area contributed by atoms with Gasteiger partial charge in [0.05, 0.1) is 0 Å². The van der Waals surface area contributed by atoms with E-state index in [1.807, 2.05) is 6.92 Å². The monoisotopic (exact) mass is 241 g/mol. The number of thioether (sulfide) groups is 1. The van der Waals surface area contributed by atoms with E-state index in [9.17, 15) is 0 Å². The van der Waals surface area contributed by atoms with E-state index >= 15 is 0 Å². The van der Waals surface area contributed by atoms with Crippen LogP contribution in [0.4, 0.5) is 0 Å². The molecule has 0 spiro atoms. The highest BCUT2D eigenvalue weighted by molar-refractivity contribution is 7.99. The van der Waals surface area contributed by atoms with Crippen LogP contribution in [0.1, 0.15) is 53.4 Å². The zero-order valence-electron chi connectivity index (χ0n) is 11.3. The molecule has 0 radical (unpaired) electrons. The van der Waals surface area contributed by atoms with Crippen molar-refractivity contribution in [3.8, 4) is 11.8 Å². The number of nitrogens with one attached hydrogen (secondary N) is 1. The molecule has 1 N–H and O–H groups in total. The lowest BCUT2D eigenvalue weighted by atomic mass is 10.2. The van der Waals surface area contributed by atoms with Crippen molar-refractivity contribution in [3.63, 3.8) is 0 Å². The van der Waals surface area contributed by atoms with Crippen molar-refractivity contribution < 1.29 is 0 Å². The molecule has 0 aromatic heterocycles. The maximum atomic E-state index is 3.62. The minimum atomic E-state index is 0.639. The van der Waals surface area contributed by atoms with E-state index in [2.05, 4.69) is 49.7 Å². The van der Waals surface area contributed by atoms with Crippen LogP contribution in [0.25, 0.3) is 0 Å². The minimum absolute atomic E-state index is 0.639. The number of rotatable bonds is 9. The summed E-state index contributed by atoms with van der Waals surface area (Å²) in [5.74, 6) is 7.35. The Bertz CT molecular complexity index is 205. The lowest BCUT2D eigenvalue weighted by Crippen LogP contribution is -2.32. The van der Waals surface area contributed by atoms with E-state index in [-0.39, 0.29) is 0 Å². The molecule has 0 rings (SSSR count). The summed E-state index contributed by atoms with van der Waals surface area (Å²) < 4.78 is 0. The van der Waals surface area contributed by atoms with Crippen molar-refractivity contribution in [1.82, 2.24) is 5.32 Å². The Hall–Kier alpha value is -0.130.